The molecule has 3 aromatic rings. The second-order valence-corrected chi connectivity index (χ2v) is 8.18. The average molecular weight is 405 g/mol. The van der Waals surface area contributed by atoms with Gasteiger partial charge in [-0.05, 0) is 35.9 Å². The summed E-state index contributed by atoms with van der Waals surface area (Å²) in [5, 5.41) is 0.847. The number of benzene rings is 2. The zero-order valence-corrected chi connectivity index (χ0v) is 16.0. The number of ether oxygens (including phenoxy) is 1. The molecule has 0 bridgehead atoms. The van der Waals surface area contributed by atoms with Gasteiger partial charge in [0.1, 0.15) is 5.82 Å². The molecule has 0 aliphatic rings. The smallest absolute Gasteiger partial charge is 0.233 e. The zero-order valence-electron chi connectivity index (χ0n) is 15.2. The third-order valence-electron chi connectivity index (χ3n) is 4.24. The van der Waals surface area contributed by atoms with Crippen molar-refractivity contribution >= 4 is 32.5 Å². The predicted molar refractivity (Wildman–Crippen MR) is 106 cm³/mol. The summed E-state index contributed by atoms with van der Waals surface area (Å²) >= 11 is 0. The fourth-order valence-electron chi connectivity index (χ4n) is 2.93. The first kappa shape index (κ1) is 19.8. The minimum Gasteiger partial charge on any atom is -0.380 e. The summed E-state index contributed by atoms with van der Waals surface area (Å²) in [4.78, 5) is 13.9. The van der Waals surface area contributed by atoms with Crippen molar-refractivity contribution in [2.24, 2.45) is 5.73 Å². The molecule has 1 amide bonds. The van der Waals surface area contributed by atoms with E-state index in [2.05, 4.69) is 9.71 Å². The second-order valence-electron chi connectivity index (χ2n) is 6.33. The summed E-state index contributed by atoms with van der Waals surface area (Å²) < 4.78 is 45.4. The number of aromatic nitrogens is 1. The van der Waals surface area contributed by atoms with E-state index in [0.29, 0.717) is 16.8 Å². The standard InChI is InChI=1S/C19H20FN3O4S/c1-27-11-13-8-12(16-10-22-18-9-14(20)3-4-15(16)18)2-5-17(13)23-28(25,26)7-6-19(21)24/h2-5,8-10,22-23H,6-7,11H2,1H3,(H2,21,24). The van der Waals surface area contributed by atoms with Gasteiger partial charge in [0.05, 0.1) is 18.0 Å². The number of nitrogens with two attached hydrogens (primary N) is 1. The van der Waals surface area contributed by atoms with Crippen molar-refractivity contribution in [3.8, 4) is 11.1 Å². The Labute approximate surface area is 161 Å². The van der Waals surface area contributed by atoms with E-state index < -0.39 is 21.7 Å². The molecule has 0 aliphatic heterocycles. The van der Waals surface area contributed by atoms with Gasteiger partial charge in [0.25, 0.3) is 0 Å². The quantitative estimate of drug-likeness (QED) is 0.534. The first-order chi connectivity index (χ1) is 13.3. The average Bonchev–Trinajstić information content (AvgIpc) is 3.04. The van der Waals surface area contributed by atoms with Gasteiger partial charge in [-0.25, -0.2) is 12.8 Å². The van der Waals surface area contributed by atoms with Crippen LogP contribution in [0.4, 0.5) is 10.1 Å². The summed E-state index contributed by atoms with van der Waals surface area (Å²) in [6.07, 6.45) is 1.51. The van der Waals surface area contributed by atoms with E-state index >= 15 is 0 Å². The molecule has 3 rings (SSSR count). The fraction of sp³-hybridized carbons (Fsp3) is 0.211. The molecule has 0 saturated carbocycles. The highest BCUT2D eigenvalue weighted by atomic mass is 32.2. The lowest BCUT2D eigenvalue weighted by atomic mass is 10.0. The highest BCUT2D eigenvalue weighted by molar-refractivity contribution is 7.92. The Kier molecular flexibility index (Phi) is 5.66. The lowest BCUT2D eigenvalue weighted by Gasteiger charge is -2.13. The first-order valence-electron chi connectivity index (χ1n) is 8.47. The number of halogens is 1. The first-order valence-corrected chi connectivity index (χ1v) is 10.1. The summed E-state index contributed by atoms with van der Waals surface area (Å²) in [6, 6.07) is 9.69. The fourth-order valence-corrected chi connectivity index (χ4v) is 4.03. The normalized spacial score (nSPS) is 11.6. The van der Waals surface area contributed by atoms with E-state index in [-0.39, 0.29) is 18.8 Å². The number of hydrogen-bond acceptors (Lipinski definition) is 4. The number of anilines is 1. The molecule has 0 spiro atoms. The molecule has 148 valence electrons. The molecule has 28 heavy (non-hydrogen) atoms. The van der Waals surface area contributed by atoms with Crippen LogP contribution in [0.25, 0.3) is 22.0 Å². The maximum atomic E-state index is 13.4. The number of methoxy groups -OCH3 is 1. The summed E-state index contributed by atoms with van der Waals surface area (Å²) in [7, 11) is -2.22. The van der Waals surface area contributed by atoms with Crippen molar-refractivity contribution in [2.75, 3.05) is 17.6 Å². The van der Waals surface area contributed by atoms with Gasteiger partial charge in [0.2, 0.25) is 15.9 Å². The van der Waals surface area contributed by atoms with E-state index in [1.807, 2.05) is 0 Å². The van der Waals surface area contributed by atoms with Crippen molar-refractivity contribution in [1.82, 2.24) is 4.98 Å². The third-order valence-corrected chi connectivity index (χ3v) is 5.52. The molecular weight excluding hydrogens is 385 g/mol. The number of H-pyrrole nitrogens is 1. The number of amides is 1. The van der Waals surface area contributed by atoms with Crippen molar-refractivity contribution in [2.45, 2.75) is 13.0 Å². The Hall–Kier alpha value is -2.91. The minimum absolute atomic E-state index is 0.179. The van der Waals surface area contributed by atoms with Crippen molar-refractivity contribution in [1.29, 1.82) is 0 Å². The van der Waals surface area contributed by atoms with Gasteiger partial charge in [0.15, 0.2) is 0 Å². The maximum absolute atomic E-state index is 13.4. The molecule has 1 heterocycles. The number of carbonyl (C=O) groups excluding carboxylic acids is 1. The Morgan fingerprint density at radius 2 is 2.04 bits per heavy atom. The van der Waals surface area contributed by atoms with Crippen LogP contribution in [0.2, 0.25) is 0 Å². The molecule has 0 saturated heterocycles. The Bertz CT molecular complexity index is 1130. The molecule has 1 aromatic heterocycles. The van der Waals surface area contributed by atoms with Crippen molar-refractivity contribution in [3.63, 3.8) is 0 Å². The summed E-state index contributed by atoms with van der Waals surface area (Å²) in [5.41, 5.74) is 8.36. The zero-order chi connectivity index (χ0) is 20.3. The number of carbonyl (C=O) groups is 1. The van der Waals surface area contributed by atoms with Gasteiger partial charge >= 0.3 is 0 Å². The van der Waals surface area contributed by atoms with E-state index in [1.54, 1.807) is 30.5 Å². The van der Waals surface area contributed by atoms with Crippen LogP contribution in [-0.4, -0.2) is 32.2 Å². The number of fused-ring (bicyclic) bond motifs is 1. The van der Waals surface area contributed by atoms with Crippen LogP contribution in [0, 0.1) is 5.82 Å². The largest absolute Gasteiger partial charge is 0.380 e. The predicted octanol–water partition coefficient (Wildman–Crippen LogP) is 2.74. The van der Waals surface area contributed by atoms with Gasteiger partial charge in [0, 0.05) is 41.8 Å². The topological polar surface area (TPSA) is 114 Å². The molecule has 0 atom stereocenters. The number of rotatable bonds is 8. The number of nitrogens with one attached hydrogen (secondary N) is 2. The highest BCUT2D eigenvalue weighted by Crippen LogP contribution is 2.32. The second kappa shape index (κ2) is 7.99. The van der Waals surface area contributed by atoms with E-state index in [1.165, 1.54) is 19.2 Å². The molecule has 0 unspecified atom stereocenters. The molecule has 0 radical (unpaired) electrons. The molecular formula is C19H20FN3O4S. The minimum atomic E-state index is -3.73. The molecule has 0 fully saturated rings. The molecule has 0 aliphatic carbocycles. The number of sulfonamides is 1. The van der Waals surface area contributed by atoms with Gasteiger partial charge in [-0.15, -0.1) is 0 Å². The molecule has 9 heteroatoms. The van der Waals surface area contributed by atoms with Crippen LogP contribution in [0.1, 0.15) is 12.0 Å². The highest BCUT2D eigenvalue weighted by Gasteiger charge is 2.16. The van der Waals surface area contributed by atoms with Gasteiger partial charge in [-0.3, -0.25) is 9.52 Å². The Morgan fingerprint density at radius 1 is 1.25 bits per heavy atom. The van der Waals surface area contributed by atoms with Gasteiger partial charge in [-0.2, -0.15) is 0 Å². The SMILES string of the molecule is COCc1cc(-c2c[nH]c3cc(F)ccc23)ccc1NS(=O)(=O)CCC(N)=O. The number of primary amides is 1. The van der Waals surface area contributed by atoms with Gasteiger partial charge in [-0.1, -0.05) is 6.07 Å². The lowest BCUT2D eigenvalue weighted by molar-refractivity contribution is -0.117. The summed E-state index contributed by atoms with van der Waals surface area (Å²) in [6.45, 7) is 0.179. The van der Waals surface area contributed by atoms with Gasteiger partial charge < -0.3 is 15.5 Å². The molecule has 4 N–H and O–H groups in total. The third kappa shape index (κ3) is 4.49. The van der Waals surface area contributed by atoms with Crippen LogP contribution in [0.15, 0.2) is 42.6 Å². The van der Waals surface area contributed by atoms with E-state index in [0.717, 1.165) is 16.5 Å². The van der Waals surface area contributed by atoms with E-state index in [4.69, 9.17) is 10.5 Å². The van der Waals surface area contributed by atoms with Crippen LogP contribution in [0.5, 0.6) is 0 Å². The number of hydrogen-bond donors (Lipinski definition) is 3. The monoisotopic (exact) mass is 405 g/mol. The van der Waals surface area contributed by atoms with Crippen LogP contribution < -0.4 is 10.5 Å². The van der Waals surface area contributed by atoms with Crippen molar-refractivity contribution in [3.05, 3.63) is 54.0 Å². The van der Waals surface area contributed by atoms with E-state index in [9.17, 15) is 17.6 Å². The molecule has 2 aromatic carbocycles. The van der Waals surface area contributed by atoms with Crippen LogP contribution >= 0.6 is 0 Å². The molecule has 7 nitrogen and oxygen atoms in total. The Morgan fingerprint density at radius 3 is 2.75 bits per heavy atom. The maximum Gasteiger partial charge on any atom is 0.233 e. The number of aromatic amines is 1. The van der Waals surface area contributed by atoms with Crippen molar-refractivity contribution < 1.29 is 22.3 Å². The lowest BCUT2D eigenvalue weighted by Crippen LogP contribution is -2.22. The Balaban J connectivity index is 1.95. The van der Waals surface area contributed by atoms with Crippen LogP contribution in [0.3, 0.4) is 0 Å². The summed E-state index contributed by atoms with van der Waals surface area (Å²) in [5.74, 6) is -1.42. The van der Waals surface area contributed by atoms with Crippen LogP contribution in [-0.2, 0) is 26.2 Å².